The predicted octanol–water partition coefficient (Wildman–Crippen LogP) is 4.13. The smallest absolute Gasteiger partial charge is 0.403 e. The maximum Gasteiger partial charge on any atom is 0.573 e. The van der Waals surface area contributed by atoms with Crippen LogP contribution in [0.5, 0.6) is 5.75 Å². The molecule has 27 heavy (non-hydrogen) atoms. The zero-order valence-corrected chi connectivity index (χ0v) is 14.1. The van der Waals surface area contributed by atoms with Crippen molar-refractivity contribution in [1.82, 2.24) is 9.97 Å². The minimum Gasteiger partial charge on any atom is -0.403 e. The number of halogens is 4. The summed E-state index contributed by atoms with van der Waals surface area (Å²) in [7, 11) is 0. The summed E-state index contributed by atoms with van der Waals surface area (Å²) in [5.41, 5.74) is 6.24. The van der Waals surface area contributed by atoms with Crippen LogP contribution in [-0.4, -0.2) is 22.1 Å². The highest BCUT2D eigenvalue weighted by Crippen LogP contribution is 2.32. The van der Waals surface area contributed by atoms with E-state index in [2.05, 4.69) is 20.0 Å². The second-order valence-electron chi connectivity index (χ2n) is 5.12. The molecule has 6 nitrogen and oxygen atoms in total. The number of alkyl halides is 3. The number of pyridine rings is 1. The normalized spacial score (nSPS) is 11.3. The summed E-state index contributed by atoms with van der Waals surface area (Å²) in [6.07, 6.45) is -2.09. The van der Waals surface area contributed by atoms with E-state index in [1.165, 1.54) is 30.6 Å². The number of benzene rings is 1. The minimum absolute atomic E-state index is 0.0261. The van der Waals surface area contributed by atoms with Crippen LogP contribution in [0, 0.1) is 5.82 Å². The van der Waals surface area contributed by atoms with Gasteiger partial charge in [0.15, 0.2) is 16.7 Å². The Bertz CT molecular complexity index is 976. The van der Waals surface area contributed by atoms with Gasteiger partial charge in [0.1, 0.15) is 10.7 Å². The van der Waals surface area contributed by atoms with E-state index in [0.29, 0.717) is 5.56 Å². The lowest BCUT2D eigenvalue weighted by atomic mass is 10.1. The molecule has 11 heteroatoms. The van der Waals surface area contributed by atoms with E-state index >= 15 is 0 Å². The van der Waals surface area contributed by atoms with Crippen molar-refractivity contribution in [2.45, 2.75) is 6.36 Å². The van der Waals surface area contributed by atoms with Crippen LogP contribution < -0.4 is 15.8 Å². The summed E-state index contributed by atoms with van der Waals surface area (Å²) in [6.45, 7) is 0. The molecule has 2 heterocycles. The van der Waals surface area contributed by atoms with Crippen LogP contribution in [0.25, 0.3) is 0 Å². The molecule has 0 bridgehead atoms. The van der Waals surface area contributed by atoms with E-state index in [1.807, 2.05) is 0 Å². The van der Waals surface area contributed by atoms with Crippen molar-refractivity contribution in [3.8, 4) is 5.75 Å². The molecule has 0 aliphatic rings. The Kier molecular flexibility index (Phi) is 4.95. The van der Waals surface area contributed by atoms with E-state index in [9.17, 15) is 22.4 Å². The second kappa shape index (κ2) is 7.19. The number of ketones is 1. The van der Waals surface area contributed by atoms with E-state index < -0.39 is 17.9 Å². The molecule has 0 fully saturated rings. The van der Waals surface area contributed by atoms with Crippen LogP contribution in [0.2, 0.25) is 0 Å². The van der Waals surface area contributed by atoms with Crippen LogP contribution in [0.1, 0.15) is 15.2 Å². The highest BCUT2D eigenvalue weighted by Gasteiger charge is 2.32. The zero-order chi connectivity index (χ0) is 19.6. The van der Waals surface area contributed by atoms with Gasteiger partial charge in [0.2, 0.25) is 5.78 Å². The Hall–Kier alpha value is -3.21. The molecule has 0 atom stereocenters. The van der Waals surface area contributed by atoms with Gasteiger partial charge < -0.3 is 15.8 Å². The molecule has 0 spiro atoms. The van der Waals surface area contributed by atoms with Crippen LogP contribution >= 0.6 is 11.3 Å². The van der Waals surface area contributed by atoms with Gasteiger partial charge in [-0.3, -0.25) is 9.78 Å². The van der Waals surface area contributed by atoms with Gasteiger partial charge in [-0.15, -0.1) is 13.2 Å². The molecule has 0 unspecified atom stereocenters. The summed E-state index contributed by atoms with van der Waals surface area (Å²) in [5, 5.41) is 2.86. The SMILES string of the molecule is Nc1nc(Nc2ccc(OC(F)(F)F)c(F)c2)sc1C(=O)c1ccncc1. The average Bonchev–Trinajstić information content (AvgIpc) is 2.96. The molecular weight excluding hydrogens is 388 g/mol. The molecule has 140 valence electrons. The standard InChI is InChI=1S/C16H10F4N4O2S/c17-10-7-9(1-2-11(10)26-16(18,19)20)23-15-24-14(21)13(27-15)12(25)8-3-5-22-6-4-8/h1-7H,21H2,(H,23,24). The third kappa shape index (κ3) is 4.50. The first-order valence-corrected chi connectivity index (χ1v) is 8.08. The summed E-state index contributed by atoms with van der Waals surface area (Å²) in [4.78, 5) is 20.4. The number of aromatic nitrogens is 2. The fraction of sp³-hybridized carbons (Fsp3) is 0.0625. The number of nitrogens with two attached hydrogens (primary N) is 1. The van der Waals surface area contributed by atoms with E-state index in [4.69, 9.17) is 5.73 Å². The number of anilines is 3. The number of carbonyl (C=O) groups is 1. The number of ether oxygens (including phenoxy) is 1. The predicted molar refractivity (Wildman–Crippen MR) is 90.6 cm³/mol. The lowest BCUT2D eigenvalue weighted by Crippen LogP contribution is -2.17. The molecule has 1 aromatic carbocycles. The first-order valence-electron chi connectivity index (χ1n) is 7.26. The Morgan fingerprint density at radius 1 is 1.19 bits per heavy atom. The number of carbonyl (C=O) groups excluding carboxylic acids is 1. The first kappa shape index (κ1) is 18.6. The largest absolute Gasteiger partial charge is 0.573 e. The molecule has 3 aromatic rings. The highest BCUT2D eigenvalue weighted by atomic mass is 32.1. The van der Waals surface area contributed by atoms with E-state index in [-0.39, 0.29) is 27.3 Å². The van der Waals surface area contributed by atoms with Crippen molar-refractivity contribution in [1.29, 1.82) is 0 Å². The van der Waals surface area contributed by atoms with Crippen LogP contribution in [0.3, 0.4) is 0 Å². The van der Waals surface area contributed by atoms with E-state index in [1.54, 1.807) is 0 Å². The molecule has 0 saturated carbocycles. The molecule has 0 amide bonds. The monoisotopic (exact) mass is 398 g/mol. The van der Waals surface area contributed by atoms with Crippen molar-refractivity contribution >= 4 is 33.8 Å². The van der Waals surface area contributed by atoms with Gasteiger partial charge in [-0.1, -0.05) is 11.3 Å². The van der Waals surface area contributed by atoms with Crippen LogP contribution in [0.4, 0.5) is 34.2 Å². The summed E-state index contributed by atoms with van der Waals surface area (Å²) in [5.74, 6) is -2.56. The lowest BCUT2D eigenvalue weighted by molar-refractivity contribution is -0.275. The Balaban J connectivity index is 1.79. The zero-order valence-electron chi connectivity index (χ0n) is 13.2. The fourth-order valence-electron chi connectivity index (χ4n) is 2.09. The molecule has 3 N–H and O–H groups in total. The van der Waals surface area contributed by atoms with E-state index in [0.717, 1.165) is 23.5 Å². The quantitative estimate of drug-likeness (QED) is 0.496. The molecular formula is C16H10F4N4O2S. The number of hydrogen-bond acceptors (Lipinski definition) is 7. The van der Waals surface area contributed by atoms with Crippen molar-refractivity contribution in [2.75, 3.05) is 11.1 Å². The second-order valence-corrected chi connectivity index (χ2v) is 6.12. The van der Waals surface area contributed by atoms with Gasteiger partial charge in [0.05, 0.1) is 0 Å². The third-order valence-electron chi connectivity index (χ3n) is 3.21. The number of nitrogens with zero attached hydrogens (tertiary/aromatic N) is 2. The molecule has 3 rings (SSSR count). The summed E-state index contributed by atoms with van der Waals surface area (Å²) in [6, 6.07) is 5.84. The topological polar surface area (TPSA) is 90.1 Å². The van der Waals surface area contributed by atoms with Gasteiger partial charge in [0, 0.05) is 29.7 Å². The van der Waals surface area contributed by atoms with Crippen molar-refractivity contribution in [2.24, 2.45) is 0 Å². The van der Waals surface area contributed by atoms with Gasteiger partial charge in [-0.05, 0) is 24.3 Å². The van der Waals surface area contributed by atoms with Crippen molar-refractivity contribution in [3.05, 3.63) is 59.0 Å². The number of nitrogens with one attached hydrogen (secondary N) is 1. The minimum atomic E-state index is -5.00. The molecule has 2 aromatic heterocycles. The molecule has 0 aliphatic carbocycles. The Morgan fingerprint density at radius 2 is 1.89 bits per heavy atom. The number of nitrogen functional groups attached to an aromatic ring is 1. The number of rotatable bonds is 5. The third-order valence-corrected chi connectivity index (χ3v) is 4.20. The Morgan fingerprint density at radius 3 is 2.52 bits per heavy atom. The molecule has 0 radical (unpaired) electrons. The van der Waals surface area contributed by atoms with Crippen LogP contribution in [-0.2, 0) is 0 Å². The first-order chi connectivity index (χ1) is 12.7. The van der Waals surface area contributed by atoms with Gasteiger partial charge in [-0.25, -0.2) is 9.37 Å². The molecule has 0 saturated heterocycles. The number of thiazole rings is 1. The fourth-order valence-corrected chi connectivity index (χ4v) is 2.96. The van der Waals surface area contributed by atoms with Gasteiger partial charge in [-0.2, -0.15) is 0 Å². The average molecular weight is 398 g/mol. The molecule has 0 aliphatic heterocycles. The number of hydrogen-bond donors (Lipinski definition) is 2. The van der Waals surface area contributed by atoms with Crippen LogP contribution in [0.15, 0.2) is 42.7 Å². The Labute approximate surface area is 153 Å². The lowest BCUT2D eigenvalue weighted by Gasteiger charge is -2.10. The van der Waals surface area contributed by atoms with Crippen molar-refractivity contribution < 1.29 is 27.1 Å². The maximum absolute atomic E-state index is 13.8. The van der Waals surface area contributed by atoms with Crippen molar-refractivity contribution in [3.63, 3.8) is 0 Å². The maximum atomic E-state index is 13.8. The summed E-state index contributed by atoms with van der Waals surface area (Å²) < 4.78 is 53.8. The highest BCUT2D eigenvalue weighted by molar-refractivity contribution is 7.18. The van der Waals surface area contributed by atoms with Gasteiger partial charge >= 0.3 is 6.36 Å². The summed E-state index contributed by atoms with van der Waals surface area (Å²) >= 11 is 0.926. The van der Waals surface area contributed by atoms with Gasteiger partial charge in [0.25, 0.3) is 0 Å².